The maximum atomic E-state index is 12.7. The number of anilines is 1. The third kappa shape index (κ3) is 4.37. The molecule has 0 spiro atoms. The fourth-order valence-electron chi connectivity index (χ4n) is 3.09. The lowest BCUT2D eigenvalue weighted by molar-refractivity contribution is -0.116. The number of hydrogen-bond acceptors (Lipinski definition) is 2. The Morgan fingerprint density at radius 3 is 2.31 bits per heavy atom. The lowest BCUT2D eigenvalue weighted by atomic mass is 10.1. The van der Waals surface area contributed by atoms with Crippen LogP contribution in [0.4, 0.5) is 5.69 Å². The van der Waals surface area contributed by atoms with Crippen LogP contribution in [0.2, 0.25) is 10.0 Å². The molecule has 1 saturated heterocycles. The third-order valence-electron chi connectivity index (χ3n) is 4.49. The van der Waals surface area contributed by atoms with Crippen molar-refractivity contribution < 1.29 is 9.59 Å². The molecule has 136 valence electrons. The van der Waals surface area contributed by atoms with Gasteiger partial charge in [-0.05, 0) is 49.1 Å². The predicted octanol–water partition coefficient (Wildman–Crippen LogP) is 4.80. The Morgan fingerprint density at radius 1 is 0.962 bits per heavy atom. The van der Waals surface area contributed by atoms with Crippen molar-refractivity contribution in [3.05, 3.63) is 63.6 Å². The normalized spacial score (nSPS) is 13.7. The molecule has 1 N–H and O–H groups in total. The van der Waals surface area contributed by atoms with Gasteiger partial charge in [-0.15, -0.1) is 0 Å². The summed E-state index contributed by atoms with van der Waals surface area (Å²) in [5.41, 5.74) is 1.82. The maximum absolute atomic E-state index is 12.7. The first-order chi connectivity index (χ1) is 12.6. The second-order valence-corrected chi connectivity index (χ2v) is 7.11. The molecule has 1 aliphatic rings. The van der Waals surface area contributed by atoms with Crippen LogP contribution in [0.5, 0.6) is 0 Å². The van der Waals surface area contributed by atoms with Crippen LogP contribution in [0.1, 0.15) is 35.2 Å². The van der Waals surface area contributed by atoms with Crippen LogP contribution >= 0.6 is 23.2 Å². The van der Waals surface area contributed by atoms with Gasteiger partial charge in [0.15, 0.2) is 0 Å². The SMILES string of the molecule is O=C(CCc1c(Cl)cccc1Cl)Nc1ccccc1C(=O)N1CCCC1. The minimum atomic E-state index is -0.178. The van der Waals surface area contributed by atoms with Crippen molar-refractivity contribution in [2.24, 2.45) is 0 Å². The Hall–Kier alpha value is -2.04. The molecule has 1 aliphatic heterocycles. The summed E-state index contributed by atoms with van der Waals surface area (Å²) in [7, 11) is 0. The second kappa shape index (κ2) is 8.56. The van der Waals surface area contributed by atoms with E-state index in [1.54, 1.807) is 36.4 Å². The summed E-state index contributed by atoms with van der Waals surface area (Å²) in [4.78, 5) is 26.9. The van der Waals surface area contributed by atoms with Gasteiger partial charge in [0.1, 0.15) is 0 Å². The molecule has 4 nitrogen and oxygen atoms in total. The first kappa shape index (κ1) is 18.7. The average molecular weight is 391 g/mol. The monoisotopic (exact) mass is 390 g/mol. The first-order valence-corrected chi connectivity index (χ1v) is 9.43. The van der Waals surface area contributed by atoms with Crippen molar-refractivity contribution in [2.45, 2.75) is 25.7 Å². The minimum Gasteiger partial charge on any atom is -0.339 e. The molecule has 0 bridgehead atoms. The molecule has 1 fully saturated rings. The number of para-hydroxylation sites is 1. The molecule has 2 aromatic rings. The fraction of sp³-hybridized carbons (Fsp3) is 0.300. The van der Waals surface area contributed by atoms with E-state index in [0.29, 0.717) is 27.7 Å². The van der Waals surface area contributed by atoms with Crippen molar-refractivity contribution in [2.75, 3.05) is 18.4 Å². The highest BCUT2D eigenvalue weighted by Gasteiger charge is 2.22. The van der Waals surface area contributed by atoms with Crippen molar-refractivity contribution in [3.8, 4) is 0 Å². The van der Waals surface area contributed by atoms with Crippen LogP contribution in [0, 0.1) is 0 Å². The number of hydrogen-bond donors (Lipinski definition) is 1. The molecule has 6 heteroatoms. The van der Waals surface area contributed by atoms with Crippen LogP contribution in [0.25, 0.3) is 0 Å². The zero-order valence-corrected chi connectivity index (χ0v) is 15.8. The summed E-state index contributed by atoms with van der Waals surface area (Å²) >= 11 is 12.3. The van der Waals surface area contributed by atoms with Crippen LogP contribution < -0.4 is 5.32 Å². The van der Waals surface area contributed by atoms with Crippen molar-refractivity contribution >= 4 is 40.7 Å². The summed E-state index contributed by atoms with van der Waals surface area (Å²) in [6.45, 7) is 1.54. The van der Waals surface area contributed by atoms with Crippen molar-refractivity contribution in [3.63, 3.8) is 0 Å². The van der Waals surface area contributed by atoms with E-state index in [1.165, 1.54) is 0 Å². The Morgan fingerprint density at radius 2 is 1.62 bits per heavy atom. The molecule has 1 heterocycles. The van der Waals surface area contributed by atoms with E-state index in [4.69, 9.17) is 23.2 Å². The van der Waals surface area contributed by atoms with E-state index in [1.807, 2.05) is 11.0 Å². The molecular weight excluding hydrogens is 371 g/mol. The summed E-state index contributed by atoms with van der Waals surface area (Å²) in [6.07, 6.45) is 2.72. The van der Waals surface area contributed by atoms with E-state index in [-0.39, 0.29) is 18.2 Å². The number of rotatable bonds is 5. The van der Waals surface area contributed by atoms with Crippen LogP contribution in [0.3, 0.4) is 0 Å². The number of nitrogens with zero attached hydrogens (tertiary/aromatic N) is 1. The molecule has 0 unspecified atom stereocenters. The molecule has 0 atom stereocenters. The van der Waals surface area contributed by atoms with E-state index in [0.717, 1.165) is 31.5 Å². The average Bonchev–Trinajstić information content (AvgIpc) is 3.16. The van der Waals surface area contributed by atoms with Gasteiger partial charge in [0, 0.05) is 29.6 Å². The molecule has 0 saturated carbocycles. The van der Waals surface area contributed by atoms with Gasteiger partial charge in [-0.1, -0.05) is 41.4 Å². The summed E-state index contributed by atoms with van der Waals surface area (Å²) in [6, 6.07) is 12.4. The number of carbonyl (C=O) groups excluding carboxylic acids is 2. The predicted molar refractivity (Wildman–Crippen MR) is 105 cm³/mol. The number of amides is 2. The number of benzene rings is 2. The zero-order chi connectivity index (χ0) is 18.5. The third-order valence-corrected chi connectivity index (χ3v) is 5.20. The van der Waals surface area contributed by atoms with E-state index >= 15 is 0 Å². The van der Waals surface area contributed by atoms with Gasteiger partial charge >= 0.3 is 0 Å². The summed E-state index contributed by atoms with van der Waals surface area (Å²) < 4.78 is 0. The molecule has 26 heavy (non-hydrogen) atoms. The summed E-state index contributed by atoms with van der Waals surface area (Å²) in [5, 5.41) is 3.95. The van der Waals surface area contributed by atoms with Gasteiger partial charge in [0.2, 0.25) is 5.91 Å². The number of likely N-dealkylation sites (tertiary alicyclic amines) is 1. The molecule has 2 amide bonds. The van der Waals surface area contributed by atoms with Gasteiger partial charge in [-0.2, -0.15) is 0 Å². The molecule has 0 radical (unpaired) electrons. The summed E-state index contributed by atoms with van der Waals surface area (Å²) in [5.74, 6) is -0.213. The Kier molecular flexibility index (Phi) is 6.17. The van der Waals surface area contributed by atoms with E-state index in [2.05, 4.69) is 5.32 Å². The van der Waals surface area contributed by atoms with Gasteiger partial charge in [0.05, 0.1) is 11.3 Å². The number of carbonyl (C=O) groups is 2. The second-order valence-electron chi connectivity index (χ2n) is 6.29. The smallest absolute Gasteiger partial charge is 0.255 e. The van der Waals surface area contributed by atoms with E-state index < -0.39 is 0 Å². The van der Waals surface area contributed by atoms with Crippen molar-refractivity contribution in [1.82, 2.24) is 4.90 Å². The molecule has 0 aliphatic carbocycles. The highest BCUT2D eigenvalue weighted by Crippen LogP contribution is 2.26. The van der Waals surface area contributed by atoms with Crippen LogP contribution in [-0.4, -0.2) is 29.8 Å². The van der Waals surface area contributed by atoms with Gasteiger partial charge in [-0.3, -0.25) is 9.59 Å². The fourth-order valence-corrected chi connectivity index (χ4v) is 3.68. The lowest BCUT2D eigenvalue weighted by Gasteiger charge is -2.18. The minimum absolute atomic E-state index is 0.0347. The maximum Gasteiger partial charge on any atom is 0.255 e. The van der Waals surface area contributed by atoms with Crippen molar-refractivity contribution in [1.29, 1.82) is 0 Å². The standard InChI is InChI=1S/C20H20Cl2N2O2/c21-16-7-5-8-17(22)14(16)10-11-19(25)23-18-9-2-1-6-15(18)20(26)24-12-3-4-13-24/h1-2,5-9H,3-4,10-13H2,(H,23,25). The Bertz CT molecular complexity index is 797. The zero-order valence-electron chi connectivity index (χ0n) is 14.3. The Labute approximate surface area is 163 Å². The molecular formula is C20H20Cl2N2O2. The molecule has 3 rings (SSSR count). The molecule has 2 aromatic carbocycles. The lowest BCUT2D eigenvalue weighted by Crippen LogP contribution is -2.28. The van der Waals surface area contributed by atoms with Crippen LogP contribution in [-0.2, 0) is 11.2 Å². The highest BCUT2D eigenvalue weighted by molar-refractivity contribution is 6.36. The van der Waals surface area contributed by atoms with Gasteiger partial charge in [-0.25, -0.2) is 0 Å². The van der Waals surface area contributed by atoms with Crippen LogP contribution in [0.15, 0.2) is 42.5 Å². The quantitative estimate of drug-likeness (QED) is 0.796. The largest absolute Gasteiger partial charge is 0.339 e. The van der Waals surface area contributed by atoms with Gasteiger partial charge in [0.25, 0.3) is 5.91 Å². The number of nitrogens with one attached hydrogen (secondary N) is 1. The number of halogens is 2. The highest BCUT2D eigenvalue weighted by atomic mass is 35.5. The first-order valence-electron chi connectivity index (χ1n) is 8.67. The Balaban J connectivity index is 1.67. The van der Waals surface area contributed by atoms with Gasteiger partial charge < -0.3 is 10.2 Å². The topological polar surface area (TPSA) is 49.4 Å². The van der Waals surface area contributed by atoms with E-state index in [9.17, 15) is 9.59 Å². The molecule has 0 aromatic heterocycles.